The van der Waals surface area contributed by atoms with Crippen molar-refractivity contribution in [2.45, 2.75) is 60.0 Å². The summed E-state index contributed by atoms with van der Waals surface area (Å²) in [5.74, 6) is 3.12. The highest BCUT2D eigenvalue weighted by Gasteiger charge is 2.29. The van der Waals surface area contributed by atoms with Crippen molar-refractivity contribution in [1.29, 1.82) is 0 Å². The van der Waals surface area contributed by atoms with Gasteiger partial charge in [-0.15, -0.1) is 0 Å². The molecule has 0 aromatic heterocycles. The molecule has 2 heteroatoms. The lowest BCUT2D eigenvalue weighted by Crippen LogP contribution is -2.52. The zero-order valence-electron chi connectivity index (χ0n) is 13.5. The lowest BCUT2D eigenvalue weighted by atomic mass is 9.84. The number of nitrogens with one attached hydrogen (secondary N) is 1. The Morgan fingerprint density at radius 3 is 2.17 bits per heavy atom. The van der Waals surface area contributed by atoms with Gasteiger partial charge in [0.15, 0.2) is 0 Å². The van der Waals surface area contributed by atoms with E-state index in [1.54, 1.807) is 0 Å². The first-order valence-corrected chi connectivity index (χ1v) is 7.76. The van der Waals surface area contributed by atoms with E-state index in [2.05, 4.69) is 58.8 Å². The van der Waals surface area contributed by atoms with Crippen molar-refractivity contribution < 1.29 is 0 Å². The highest BCUT2D eigenvalue weighted by Crippen LogP contribution is 2.23. The second-order valence-electron chi connectivity index (χ2n) is 7.17. The van der Waals surface area contributed by atoms with E-state index in [0.717, 1.165) is 29.7 Å². The Balaban J connectivity index is 2.46. The predicted octanol–water partition coefficient (Wildman–Crippen LogP) is 3.23. The predicted molar refractivity (Wildman–Crippen MR) is 80.8 cm³/mol. The van der Waals surface area contributed by atoms with Crippen LogP contribution in [0.25, 0.3) is 0 Å². The average molecular weight is 254 g/mol. The largest absolute Gasteiger partial charge is 0.313 e. The summed E-state index contributed by atoms with van der Waals surface area (Å²) in [6, 6.07) is 1.42. The van der Waals surface area contributed by atoms with Crippen molar-refractivity contribution in [3.63, 3.8) is 0 Å². The van der Waals surface area contributed by atoms with Crippen LogP contribution in [-0.4, -0.2) is 37.1 Å². The lowest BCUT2D eigenvalue weighted by Gasteiger charge is -2.41. The fourth-order valence-electron chi connectivity index (χ4n) is 3.35. The molecule has 0 aliphatic carbocycles. The van der Waals surface area contributed by atoms with E-state index in [1.807, 2.05) is 0 Å². The Kier molecular flexibility index (Phi) is 6.13. The standard InChI is InChI=1S/C16H34N2/c1-11(2)15(12(3)4)9-17-16-8-14(6)18(7)10-13(16)5/h11-17H,8-10H2,1-7H3. The molecule has 1 N–H and O–H groups in total. The summed E-state index contributed by atoms with van der Waals surface area (Å²) in [7, 11) is 2.25. The van der Waals surface area contributed by atoms with Gasteiger partial charge in [-0.2, -0.15) is 0 Å². The van der Waals surface area contributed by atoms with Crippen LogP contribution in [0.1, 0.15) is 48.0 Å². The molecule has 1 rings (SSSR count). The average Bonchev–Trinajstić information content (AvgIpc) is 2.24. The Bertz CT molecular complexity index is 229. The minimum Gasteiger partial charge on any atom is -0.313 e. The first kappa shape index (κ1) is 16.0. The molecule has 2 nitrogen and oxygen atoms in total. The summed E-state index contributed by atoms with van der Waals surface area (Å²) in [6.45, 7) is 16.6. The summed E-state index contributed by atoms with van der Waals surface area (Å²) >= 11 is 0. The molecule has 0 radical (unpaired) electrons. The summed E-state index contributed by atoms with van der Waals surface area (Å²) < 4.78 is 0. The maximum atomic E-state index is 3.86. The molecule has 0 spiro atoms. The summed E-state index contributed by atoms with van der Waals surface area (Å²) in [4.78, 5) is 2.49. The van der Waals surface area contributed by atoms with Crippen LogP contribution < -0.4 is 5.32 Å². The minimum absolute atomic E-state index is 0.705. The Labute approximate surface area is 115 Å². The molecule has 0 saturated carbocycles. The van der Waals surface area contributed by atoms with Crippen molar-refractivity contribution in [1.82, 2.24) is 10.2 Å². The summed E-state index contributed by atoms with van der Waals surface area (Å²) in [5.41, 5.74) is 0. The van der Waals surface area contributed by atoms with Gasteiger partial charge in [0.05, 0.1) is 0 Å². The molecule has 1 heterocycles. The highest BCUT2D eigenvalue weighted by molar-refractivity contribution is 4.87. The Hall–Kier alpha value is -0.0800. The molecule has 0 amide bonds. The van der Waals surface area contributed by atoms with Gasteiger partial charge in [0.2, 0.25) is 0 Å². The van der Waals surface area contributed by atoms with Crippen LogP contribution in [0.3, 0.4) is 0 Å². The van der Waals surface area contributed by atoms with Crippen molar-refractivity contribution in [3.8, 4) is 0 Å². The second-order valence-corrected chi connectivity index (χ2v) is 7.17. The first-order chi connectivity index (χ1) is 8.32. The van der Waals surface area contributed by atoms with Gasteiger partial charge in [0, 0.05) is 18.6 Å². The third kappa shape index (κ3) is 4.24. The van der Waals surface area contributed by atoms with E-state index in [1.165, 1.54) is 19.5 Å². The second kappa shape index (κ2) is 6.91. The highest BCUT2D eigenvalue weighted by atomic mass is 15.2. The zero-order chi connectivity index (χ0) is 13.9. The maximum Gasteiger partial charge on any atom is 0.0120 e. The van der Waals surface area contributed by atoms with E-state index < -0.39 is 0 Å². The van der Waals surface area contributed by atoms with E-state index in [4.69, 9.17) is 0 Å². The van der Waals surface area contributed by atoms with Gasteiger partial charge in [-0.3, -0.25) is 0 Å². The van der Waals surface area contributed by atoms with Crippen molar-refractivity contribution in [2.75, 3.05) is 20.1 Å². The van der Waals surface area contributed by atoms with Crippen LogP contribution in [0.5, 0.6) is 0 Å². The molecule has 0 aromatic rings. The van der Waals surface area contributed by atoms with Crippen molar-refractivity contribution in [3.05, 3.63) is 0 Å². The van der Waals surface area contributed by atoms with Crippen LogP contribution in [0.15, 0.2) is 0 Å². The normalized spacial score (nSPS) is 30.7. The lowest BCUT2D eigenvalue weighted by molar-refractivity contribution is 0.115. The third-order valence-electron chi connectivity index (χ3n) is 4.94. The van der Waals surface area contributed by atoms with Gasteiger partial charge in [-0.25, -0.2) is 0 Å². The molecule has 1 fully saturated rings. The van der Waals surface area contributed by atoms with Gasteiger partial charge in [-0.1, -0.05) is 34.6 Å². The molecular weight excluding hydrogens is 220 g/mol. The fraction of sp³-hybridized carbons (Fsp3) is 1.00. The van der Waals surface area contributed by atoms with E-state index in [9.17, 15) is 0 Å². The first-order valence-electron chi connectivity index (χ1n) is 7.76. The number of hydrogen-bond acceptors (Lipinski definition) is 2. The monoisotopic (exact) mass is 254 g/mol. The van der Waals surface area contributed by atoms with E-state index in [-0.39, 0.29) is 0 Å². The van der Waals surface area contributed by atoms with Crippen molar-refractivity contribution >= 4 is 0 Å². The fourth-order valence-corrected chi connectivity index (χ4v) is 3.35. The van der Waals surface area contributed by atoms with Crippen LogP contribution in [0.2, 0.25) is 0 Å². The maximum absolute atomic E-state index is 3.86. The molecule has 1 saturated heterocycles. The summed E-state index contributed by atoms with van der Waals surface area (Å²) in [5, 5.41) is 3.86. The Morgan fingerprint density at radius 1 is 1.11 bits per heavy atom. The molecule has 3 unspecified atom stereocenters. The molecule has 0 bridgehead atoms. The van der Waals surface area contributed by atoms with Crippen LogP contribution in [0.4, 0.5) is 0 Å². The minimum atomic E-state index is 0.705. The molecule has 3 atom stereocenters. The van der Waals surface area contributed by atoms with Crippen LogP contribution in [0, 0.1) is 23.7 Å². The topological polar surface area (TPSA) is 15.3 Å². The smallest absolute Gasteiger partial charge is 0.0120 e. The molecule has 18 heavy (non-hydrogen) atoms. The SMILES string of the molecule is CC(C)C(CNC1CC(C)N(C)CC1C)C(C)C. The molecule has 108 valence electrons. The van der Waals surface area contributed by atoms with Crippen molar-refractivity contribution in [2.24, 2.45) is 23.7 Å². The number of hydrogen-bond donors (Lipinski definition) is 1. The van der Waals surface area contributed by atoms with Gasteiger partial charge in [0.1, 0.15) is 0 Å². The number of likely N-dealkylation sites (tertiary alicyclic amines) is 1. The molecule has 1 aliphatic rings. The Morgan fingerprint density at radius 2 is 1.67 bits per heavy atom. The molecular formula is C16H34N2. The van der Waals surface area contributed by atoms with E-state index in [0.29, 0.717) is 6.04 Å². The molecule has 0 aromatic carbocycles. The van der Waals surface area contributed by atoms with Gasteiger partial charge < -0.3 is 10.2 Å². The van der Waals surface area contributed by atoms with Crippen LogP contribution in [-0.2, 0) is 0 Å². The van der Waals surface area contributed by atoms with E-state index >= 15 is 0 Å². The van der Waals surface area contributed by atoms with Crippen LogP contribution >= 0.6 is 0 Å². The van der Waals surface area contributed by atoms with Gasteiger partial charge >= 0.3 is 0 Å². The third-order valence-corrected chi connectivity index (χ3v) is 4.94. The summed E-state index contributed by atoms with van der Waals surface area (Å²) in [6.07, 6.45) is 1.29. The quantitative estimate of drug-likeness (QED) is 0.810. The molecule has 1 aliphatic heterocycles. The van der Waals surface area contributed by atoms with Gasteiger partial charge in [-0.05, 0) is 50.6 Å². The van der Waals surface area contributed by atoms with Gasteiger partial charge in [0.25, 0.3) is 0 Å². The number of piperidine rings is 1. The zero-order valence-corrected chi connectivity index (χ0v) is 13.5. The number of nitrogens with zero attached hydrogens (tertiary/aromatic N) is 1. The number of rotatable bonds is 5.